The molecule has 10 nitrogen and oxygen atoms in total. The second kappa shape index (κ2) is 9.98. The van der Waals surface area contributed by atoms with Gasteiger partial charge in [0.2, 0.25) is 0 Å². The van der Waals surface area contributed by atoms with Crippen LogP contribution in [0.25, 0.3) is 5.65 Å². The summed E-state index contributed by atoms with van der Waals surface area (Å²) in [5.41, 5.74) is 0.862. The van der Waals surface area contributed by atoms with E-state index in [0.29, 0.717) is 31.8 Å². The number of piperidine rings is 1. The van der Waals surface area contributed by atoms with Gasteiger partial charge in [0, 0.05) is 38.6 Å². The third-order valence-corrected chi connectivity index (χ3v) is 6.38. The van der Waals surface area contributed by atoms with Crippen molar-refractivity contribution in [3.63, 3.8) is 0 Å². The van der Waals surface area contributed by atoms with Crippen LogP contribution in [0.3, 0.4) is 0 Å². The third kappa shape index (κ3) is 5.26. The Hall–Kier alpha value is -3.31. The Kier molecular flexibility index (Phi) is 6.76. The van der Waals surface area contributed by atoms with Gasteiger partial charge in [0.05, 0.1) is 17.9 Å². The Balaban J connectivity index is 1.40. The molecule has 5 heterocycles. The van der Waals surface area contributed by atoms with Crippen LogP contribution in [0.5, 0.6) is 0 Å². The van der Waals surface area contributed by atoms with Gasteiger partial charge in [-0.1, -0.05) is 0 Å². The molecule has 1 amide bonds. The first-order chi connectivity index (χ1) is 17.3. The van der Waals surface area contributed by atoms with Gasteiger partial charge in [-0.3, -0.25) is 4.40 Å². The SMILES string of the molecule is CC(C)(C)OC(=O)N1CCCC(N(c2ccncn2)C2CNCC(c3cnc4ccc(F)cn34)O2)C1. The number of morpholine rings is 1. The predicted molar refractivity (Wildman–Crippen MR) is 131 cm³/mol. The first-order valence-corrected chi connectivity index (χ1v) is 12.3. The molecule has 1 N–H and O–H groups in total. The number of amides is 1. The lowest BCUT2D eigenvalue weighted by molar-refractivity contribution is -0.0492. The van der Waals surface area contributed by atoms with Crippen molar-refractivity contribution in [1.29, 1.82) is 0 Å². The highest BCUT2D eigenvalue weighted by atomic mass is 19.1. The van der Waals surface area contributed by atoms with Gasteiger partial charge in [0.25, 0.3) is 0 Å². The summed E-state index contributed by atoms with van der Waals surface area (Å²) in [4.78, 5) is 29.7. The number of ether oxygens (including phenoxy) is 2. The maximum Gasteiger partial charge on any atom is 0.410 e. The number of rotatable bonds is 4. The number of likely N-dealkylation sites (tertiary alicyclic amines) is 1. The van der Waals surface area contributed by atoms with Crippen molar-refractivity contribution in [1.82, 2.24) is 29.6 Å². The van der Waals surface area contributed by atoms with E-state index in [9.17, 15) is 9.18 Å². The molecule has 3 aromatic rings. The third-order valence-electron chi connectivity index (χ3n) is 6.38. The van der Waals surface area contributed by atoms with E-state index in [0.717, 1.165) is 24.4 Å². The molecule has 192 valence electrons. The molecule has 11 heteroatoms. The number of aromatic nitrogens is 4. The molecule has 3 unspecified atom stereocenters. The molecule has 0 saturated carbocycles. The summed E-state index contributed by atoms with van der Waals surface area (Å²) in [7, 11) is 0. The quantitative estimate of drug-likeness (QED) is 0.587. The van der Waals surface area contributed by atoms with Crippen LogP contribution in [0.1, 0.15) is 45.4 Å². The Morgan fingerprint density at radius 2 is 2.11 bits per heavy atom. The summed E-state index contributed by atoms with van der Waals surface area (Å²) in [6.45, 7) is 7.86. The fourth-order valence-corrected chi connectivity index (χ4v) is 4.85. The standard InChI is InChI=1S/C25H32FN7O3/c1-25(2,3)36-24(34)31-10-4-5-18(15-31)33(22-8-9-27-16-30-22)23-13-28-12-20(35-23)19-11-29-21-7-6-17(26)14-32(19)21/h6-9,11,14,16,18,20,23,28H,4-5,10,12-13,15H2,1-3H3. The number of hydrogen-bond acceptors (Lipinski definition) is 8. The average Bonchev–Trinajstić information content (AvgIpc) is 3.27. The Morgan fingerprint density at radius 1 is 1.25 bits per heavy atom. The summed E-state index contributed by atoms with van der Waals surface area (Å²) in [6.07, 6.45) is 7.02. The second-order valence-electron chi connectivity index (χ2n) is 10.2. The van der Waals surface area contributed by atoms with Crippen molar-refractivity contribution in [2.24, 2.45) is 0 Å². The molecular weight excluding hydrogens is 465 g/mol. The Bertz CT molecular complexity index is 1200. The van der Waals surface area contributed by atoms with Gasteiger partial charge in [0.15, 0.2) is 0 Å². The maximum absolute atomic E-state index is 14.0. The van der Waals surface area contributed by atoms with Crippen LogP contribution in [-0.2, 0) is 9.47 Å². The largest absolute Gasteiger partial charge is 0.444 e. The van der Waals surface area contributed by atoms with E-state index in [1.807, 2.05) is 26.8 Å². The molecule has 2 fully saturated rings. The van der Waals surface area contributed by atoms with Crippen LogP contribution in [-0.4, -0.2) is 74.4 Å². The summed E-state index contributed by atoms with van der Waals surface area (Å²) in [5.74, 6) is 0.381. The second-order valence-corrected chi connectivity index (χ2v) is 10.2. The van der Waals surface area contributed by atoms with Gasteiger partial charge in [0.1, 0.15) is 41.5 Å². The van der Waals surface area contributed by atoms with Gasteiger partial charge in [-0.2, -0.15) is 0 Å². The Morgan fingerprint density at radius 3 is 2.89 bits per heavy atom. The number of nitrogens with one attached hydrogen (secondary N) is 1. The van der Waals surface area contributed by atoms with Crippen LogP contribution in [0, 0.1) is 5.82 Å². The highest BCUT2D eigenvalue weighted by Gasteiger charge is 2.37. The monoisotopic (exact) mass is 497 g/mol. The van der Waals surface area contributed by atoms with Crippen LogP contribution in [0.15, 0.2) is 43.1 Å². The number of hydrogen-bond donors (Lipinski definition) is 1. The highest BCUT2D eigenvalue weighted by molar-refractivity contribution is 5.68. The molecule has 2 saturated heterocycles. The molecule has 0 radical (unpaired) electrons. The van der Waals surface area contributed by atoms with E-state index in [2.05, 4.69) is 25.2 Å². The lowest BCUT2D eigenvalue weighted by atomic mass is 10.0. The van der Waals surface area contributed by atoms with Gasteiger partial charge < -0.3 is 24.6 Å². The van der Waals surface area contributed by atoms with E-state index in [1.165, 1.54) is 18.6 Å². The molecule has 0 bridgehead atoms. The lowest BCUT2D eigenvalue weighted by Gasteiger charge is -2.45. The zero-order valence-corrected chi connectivity index (χ0v) is 20.8. The maximum atomic E-state index is 14.0. The number of imidazole rings is 1. The van der Waals surface area contributed by atoms with E-state index in [1.54, 1.807) is 27.8 Å². The van der Waals surface area contributed by atoms with Crippen LogP contribution >= 0.6 is 0 Å². The zero-order valence-electron chi connectivity index (χ0n) is 20.8. The van der Waals surface area contributed by atoms with Crippen molar-refractivity contribution in [2.75, 3.05) is 31.1 Å². The molecule has 0 spiro atoms. The molecule has 3 atom stereocenters. The summed E-state index contributed by atoms with van der Waals surface area (Å²) < 4.78 is 27.9. The van der Waals surface area contributed by atoms with Gasteiger partial charge >= 0.3 is 6.09 Å². The van der Waals surface area contributed by atoms with Crippen LogP contribution in [0.4, 0.5) is 15.0 Å². The minimum atomic E-state index is -0.562. The van der Waals surface area contributed by atoms with Gasteiger partial charge in [-0.25, -0.2) is 24.1 Å². The van der Waals surface area contributed by atoms with Crippen LogP contribution in [0.2, 0.25) is 0 Å². The minimum absolute atomic E-state index is 0.0358. The summed E-state index contributed by atoms with van der Waals surface area (Å²) >= 11 is 0. The number of nitrogens with zero attached hydrogens (tertiary/aromatic N) is 6. The number of carbonyl (C=O) groups excluding carboxylic acids is 1. The molecule has 3 aromatic heterocycles. The minimum Gasteiger partial charge on any atom is -0.444 e. The first-order valence-electron chi connectivity index (χ1n) is 12.3. The number of fused-ring (bicyclic) bond motifs is 1. The van der Waals surface area contributed by atoms with Gasteiger partial charge in [-0.15, -0.1) is 0 Å². The van der Waals surface area contributed by atoms with E-state index < -0.39 is 5.60 Å². The van der Waals surface area contributed by atoms with E-state index >= 15 is 0 Å². The van der Waals surface area contributed by atoms with Crippen molar-refractivity contribution < 1.29 is 18.7 Å². The van der Waals surface area contributed by atoms with E-state index in [-0.39, 0.29) is 30.3 Å². The molecule has 0 aromatic carbocycles. The molecule has 36 heavy (non-hydrogen) atoms. The summed E-state index contributed by atoms with van der Waals surface area (Å²) in [5, 5.41) is 3.46. The zero-order chi connectivity index (χ0) is 25.3. The Labute approximate surface area is 209 Å². The smallest absolute Gasteiger partial charge is 0.410 e. The van der Waals surface area contributed by atoms with Gasteiger partial charge in [-0.05, 0) is 51.8 Å². The topological polar surface area (TPSA) is 97.1 Å². The molecule has 2 aliphatic heterocycles. The first kappa shape index (κ1) is 24.4. The molecule has 2 aliphatic rings. The highest BCUT2D eigenvalue weighted by Crippen LogP contribution is 2.30. The summed E-state index contributed by atoms with van der Waals surface area (Å²) in [6, 6.07) is 4.85. The number of carbonyl (C=O) groups is 1. The van der Waals surface area contributed by atoms with Crippen molar-refractivity contribution in [3.05, 3.63) is 54.6 Å². The van der Waals surface area contributed by atoms with Crippen LogP contribution < -0.4 is 10.2 Å². The van der Waals surface area contributed by atoms with Crippen molar-refractivity contribution >= 4 is 17.6 Å². The molecule has 0 aliphatic carbocycles. The van der Waals surface area contributed by atoms with Crippen molar-refractivity contribution in [3.8, 4) is 0 Å². The predicted octanol–water partition coefficient (Wildman–Crippen LogP) is 3.16. The molecular formula is C25H32FN7O3. The lowest BCUT2D eigenvalue weighted by Crippen LogP contribution is -2.59. The fraction of sp³-hybridized carbons (Fsp3) is 0.520. The normalized spacial score (nSPS) is 23.0. The molecule has 5 rings (SSSR count). The average molecular weight is 498 g/mol. The number of anilines is 1. The van der Waals surface area contributed by atoms with Crippen molar-refractivity contribution in [2.45, 2.75) is 57.6 Å². The fourth-order valence-electron chi connectivity index (χ4n) is 4.85. The number of halogens is 1. The van der Waals surface area contributed by atoms with E-state index in [4.69, 9.17) is 9.47 Å². The number of pyridine rings is 1.